The molecule has 1 heterocycles. The van der Waals surface area contributed by atoms with E-state index >= 15 is 0 Å². The first kappa shape index (κ1) is 16.6. The van der Waals surface area contributed by atoms with Gasteiger partial charge in [-0.3, -0.25) is 9.10 Å². The highest BCUT2D eigenvalue weighted by Crippen LogP contribution is 2.27. The van der Waals surface area contributed by atoms with E-state index in [2.05, 4.69) is 21.2 Å². The molecule has 0 bridgehead atoms. The Hall–Kier alpha value is -1.80. The quantitative estimate of drug-likeness (QED) is 0.825. The normalized spacial score (nSPS) is 11.2. The van der Waals surface area contributed by atoms with Crippen molar-refractivity contribution in [3.63, 3.8) is 0 Å². The molecule has 0 fully saturated rings. The van der Waals surface area contributed by atoms with Gasteiger partial charge in [0.2, 0.25) is 10.0 Å². The molecule has 2 aromatic rings. The predicted octanol–water partition coefficient (Wildman–Crippen LogP) is 2.24. The summed E-state index contributed by atoms with van der Waals surface area (Å²) in [5.41, 5.74) is 0.525. The minimum atomic E-state index is -3.46. The average Bonchev–Trinajstić information content (AvgIpc) is 2.97. The fourth-order valence-corrected chi connectivity index (χ4v) is 3.44. The molecule has 0 aliphatic carbocycles. The van der Waals surface area contributed by atoms with Gasteiger partial charge in [0.05, 0.1) is 24.8 Å². The Balaban J connectivity index is 2.06. The maximum absolute atomic E-state index is 12.0. The lowest BCUT2D eigenvalue weighted by molar-refractivity contribution is 0.0927. The highest BCUT2D eigenvalue weighted by molar-refractivity contribution is 9.10. The second kappa shape index (κ2) is 6.97. The van der Waals surface area contributed by atoms with Gasteiger partial charge in [0.1, 0.15) is 0 Å². The zero-order chi connectivity index (χ0) is 16.2. The fourth-order valence-electron chi connectivity index (χ4n) is 1.88. The van der Waals surface area contributed by atoms with Crippen molar-refractivity contribution in [1.82, 2.24) is 5.32 Å². The molecule has 0 saturated carbocycles. The van der Waals surface area contributed by atoms with E-state index in [0.29, 0.717) is 10.2 Å². The molecular weight excluding hydrogens is 372 g/mol. The number of nitrogens with one attached hydrogen (secondary N) is 1. The Labute approximate surface area is 137 Å². The molecule has 0 unspecified atom stereocenters. The van der Waals surface area contributed by atoms with Crippen molar-refractivity contribution >= 4 is 37.5 Å². The van der Waals surface area contributed by atoms with Crippen molar-refractivity contribution < 1.29 is 17.6 Å². The lowest BCUT2D eigenvalue weighted by Crippen LogP contribution is -2.38. The van der Waals surface area contributed by atoms with Crippen molar-refractivity contribution in [3.05, 3.63) is 52.9 Å². The van der Waals surface area contributed by atoms with Crippen molar-refractivity contribution in [2.24, 2.45) is 0 Å². The Morgan fingerprint density at radius 3 is 2.59 bits per heavy atom. The van der Waals surface area contributed by atoms with Gasteiger partial charge in [-0.25, -0.2) is 8.42 Å². The van der Waals surface area contributed by atoms with Crippen LogP contribution >= 0.6 is 15.9 Å². The van der Waals surface area contributed by atoms with Crippen molar-refractivity contribution in [2.45, 2.75) is 0 Å². The first-order valence-corrected chi connectivity index (χ1v) is 9.07. The summed E-state index contributed by atoms with van der Waals surface area (Å²) in [7, 11) is -3.46. The molecule has 0 radical (unpaired) electrons. The van der Waals surface area contributed by atoms with Crippen molar-refractivity contribution in [1.29, 1.82) is 0 Å². The molecule has 6 nitrogen and oxygen atoms in total. The van der Waals surface area contributed by atoms with Crippen molar-refractivity contribution in [2.75, 3.05) is 23.7 Å². The summed E-state index contributed by atoms with van der Waals surface area (Å²) < 4.78 is 30.8. The van der Waals surface area contributed by atoms with Gasteiger partial charge in [0.15, 0.2) is 5.76 Å². The van der Waals surface area contributed by atoms with Crippen LogP contribution in [0, 0.1) is 0 Å². The Kier molecular flexibility index (Phi) is 5.25. The van der Waals surface area contributed by atoms with Gasteiger partial charge in [0, 0.05) is 11.0 Å². The number of nitrogens with zero attached hydrogens (tertiary/aromatic N) is 1. The van der Waals surface area contributed by atoms with Gasteiger partial charge in [-0.2, -0.15) is 0 Å². The smallest absolute Gasteiger partial charge is 0.287 e. The van der Waals surface area contributed by atoms with E-state index in [4.69, 9.17) is 4.42 Å². The number of furan rings is 1. The summed E-state index contributed by atoms with van der Waals surface area (Å²) >= 11 is 3.33. The number of rotatable bonds is 6. The second-order valence-corrected chi connectivity index (χ2v) is 7.28. The lowest BCUT2D eigenvalue weighted by atomic mass is 10.3. The minimum Gasteiger partial charge on any atom is -0.459 e. The number of hydrogen-bond donors (Lipinski definition) is 1. The van der Waals surface area contributed by atoms with Crippen LogP contribution in [-0.4, -0.2) is 33.7 Å². The third-order valence-electron chi connectivity index (χ3n) is 2.87. The number of carbonyl (C=O) groups is 1. The van der Waals surface area contributed by atoms with Crippen LogP contribution in [0.5, 0.6) is 0 Å². The van der Waals surface area contributed by atoms with Crippen LogP contribution in [-0.2, 0) is 10.0 Å². The van der Waals surface area contributed by atoms with E-state index in [1.54, 1.807) is 30.3 Å². The fraction of sp³-hybridized carbons (Fsp3) is 0.214. The number of para-hydroxylation sites is 1. The molecule has 2 rings (SSSR count). The molecule has 0 atom stereocenters. The molecule has 1 N–H and O–H groups in total. The number of benzene rings is 1. The lowest BCUT2D eigenvalue weighted by Gasteiger charge is -2.23. The van der Waals surface area contributed by atoms with E-state index in [0.717, 1.165) is 6.26 Å². The molecule has 1 amide bonds. The van der Waals surface area contributed by atoms with Gasteiger partial charge in [-0.1, -0.05) is 12.1 Å². The van der Waals surface area contributed by atoms with Crippen LogP contribution in [0.2, 0.25) is 0 Å². The number of sulfonamides is 1. The Morgan fingerprint density at radius 2 is 2.00 bits per heavy atom. The van der Waals surface area contributed by atoms with Crippen LogP contribution in [0.3, 0.4) is 0 Å². The van der Waals surface area contributed by atoms with Gasteiger partial charge in [0.25, 0.3) is 5.91 Å². The molecular formula is C14H15BrN2O4S. The van der Waals surface area contributed by atoms with E-state index in [-0.39, 0.29) is 24.8 Å². The van der Waals surface area contributed by atoms with Crippen LogP contribution in [0.25, 0.3) is 0 Å². The number of anilines is 1. The summed E-state index contributed by atoms with van der Waals surface area (Å²) in [4.78, 5) is 11.8. The first-order chi connectivity index (χ1) is 10.4. The van der Waals surface area contributed by atoms with Crippen LogP contribution in [0.4, 0.5) is 5.69 Å². The monoisotopic (exact) mass is 386 g/mol. The second-order valence-electron chi connectivity index (χ2n) is 4.52. The summed E-state index contributed by atoms with van der Waals surface area (Å²) in [6.45, 7) is 0.280. The molecule has 118 valence electrons. The van der Waals surface area contributed by atoms with E-state index in [9.17, 15) is 13.2 Å². The number of amides is 1. The summed E-state index contributed by atoms with van der Waals surface area (Å²) in [6, 6.07) is 10.1. The van der Waals surface area contributed by atoms with Crippen LogP contribution in [0.15, 0.2) is 51.6 Å². The van der Waals surface area contributed by atoms with Gasteiger partial charge >= 0.3 is 0 Å². The highest BCUT2D eigenvalue weighted by atomic mass is 79.9. The standard InChI is InChI=1S/C14H15BrN2O4S/c1-22(19,20)17(12-6-3-2-5-11(12)15)9-8-16-14(18)13-7-4-10-21-13/h2-7,10H,8-9H2,1H3,(H,16,18). The third-order valence-corrected chi connectivity index (χ3v) is 4.72. The minimum absolute atomic E-state index is 0.119. The summed E-state index contributed by atoms with van der Waals surface area (Å²) in [5.74, 6) is -0.197. The molecule has 1 aromatic heterocycles. The van der Waals surface area contributed by atoms with E-state index in [1.165, 1.54) is 16.6 Å². The maximum atomic E-state index is 12.0. The third kappa shape index (κ3) is 4.11. The van der Waals surface area contributed by atoms with E-state index in [1.807, 2.05) is 0 Å². The van der Waals surface area contributed by atoms with Gasteiger partial charge in [-0.15, -0.1) is 0 Å². The Morgan fingerprint density at radius 1 is 1.27 bits per heavy atom. The highest BCUT2D eigenvalue weighted by Gasteiger charge is 2.19. The zero-order valence-corrected chi connectivity index (χ0v) is 14.2. The molecule has 1 aromatic carbocycles. The number of halogens is 1. The predicted molar refractivity (Wildman–Crippen MR) is 87.4 cm³/mol. The molecule has 22 heavy (non-hydrogen) atoms. The average molecular weight is 387 g/mol. The largest absolute Gasteiger partial charge is 0.459 e. The Bertz CT molecular complexity index is 744. The molecule has 0 aliphatic rings. The topological polar surface area (TPSA) is 79.6 Å². The number of carbonyl (C=O) groups excluding carboxylic acids is 1. The SMILES string of the molecule is CS(=O)(=O)N(CCNC(=O)c1ccco1)c1ccccc1Br. The van der Waals surface area contributed by atoms with Gasteiger partial charge in [-0.05, 0) is 40.2 Å². The maximum Gasteiger partial charge on any atom is 0.287 e. The molecule has 0 aliphatic heterocycles. The first-order valence-electron chi connectivity index (χ1n) is 6.43. The molecule has 8 heteroatoms. The molecule has 0 saturated heterocycles. The van der Waals surface area contributed by atoms with Crippen molar-refractivity contribution in [3.8, 4) is 0 Å². The van der Waals surface area contributed by atoms with Crippen LogP contribution < -0.4 is 9.62 Å². The number of hydrogen-bond acceptors (Lipinski definition) is 4. The van der Waals surface area contributed by atoms with E-state index < -0.39 is 10.0 Å². The van der Waals surface area contributed by atoms with Crippen LogP contribution in [0.1, 0.15) is 10.6 Å². The summed E-state index contributed by atoms with van der Waals surface area (Å²) in [6.07, 6.45) is 2.53. The molecule has 0 spiro atoms. The summed E-state index contributed by atoms with van der Waals surface area (Å²) in [5, 5.41) is 2.62. The zero-order valence-electron chi connectivity index (χ0n) is 11.8. The van der Waals surface area contributed by atoms with Gasteiger partial charge < -0.3 is 9.73 Å².